The minimum Gasteiger partial charge on any atom is -0.308 e. The van der Waals surface area contributed by atoms with Gasteiger partial charge in [-0.3, -0.25) is 9.69 Å². The van der Waals surface area contributed by atoms with Crippen molar-refractivity contribution in [3.8, 4) is 0 Å². The molecule has 0 aliphatic carbocycles. The van der Waals surface area contributed by atoms with Gasteiger partial charge in [0, 0.05) is 31.0 Å². The van der Waals surface area contributed by atoms with Crippen molar-refractivity contribution in [3.63, 3.8) is 0 Å². The van der Waals surface area contributed by atoms with Gasteiger partial charge in [-0.1, -0.05) is 27.7 Å². The zero-order valence-corrected chi connectivity index (χ0v) is 12.7. The van der Waals surface area contributed by atoms with E-state index in [-0.39, 0.29) is 5.41 Å². The van der Waals surface area contributed by atoms with Crippen LogP contribution in [0.1, 0.15) is 41.0 Å². The van der Waals surface area contributed by atoms with Crippen LogP contribution in [0.15, 0.2) is 0 Å². The van der Waals surface area contributed by atoms with Gasteiger partial charge in [0.05, 0.1) is 0 Å². The van der Waals surface area contributed by atoms with Crippen LogP contribution in [0, 0.1) is 5.41 Å². The maximum Gasteiger partial charge on any atom is 0.139 e. The topological polar surface area (TPSA) is 23.6 Å². The predicted octanol–water partition coefficient (Wildman–Crippen LogP) is 2.26. The van der Waals surface area contributed by atoms with E-state index in [9.17, 15) is 4.79 Å². The number of hydrogen-bond donors (Lipinski definition) is 0. The van der Waals surface area contributed by atoms with Crippen molar-refractivity contribution in [2.75, 3.05) is 33.7 Å². The van der Waals surface area contributed by atoms with E-state index in [0.717, 1.165) is 19.6 Å². The van der Waals surface area contributed by atoms with Crippen LogP contribution in [0.2, 0.25) is 0 Å². The van der Waals surface area contributed by atoms with Gasteiger partial charge >= 0.3 is 0 Å². The summed E-state index contributed by atoms with van der Waals surface area (Å²) in [7, 11) is 4.18. The van der Waals surface area contributed by atoms with Crippen LogP contribution in [0.5, 0.6) is 0 Å². The van der Waals surface area contributed by atoms with Crippen molar-refractivity contribution in [3.05, 3.63) is 0 Å². The van der Waals surface area contributed by atoms with Crippen molar-refractivity contribution in [1.82, 2.24) is 9.80 Å². The monoisotopic (exact) mass is 242 g/mol. The normalized spacial score (nSPS) is 14.4. The average Bonchev–Trinajstić information content (AvgIpc) is 2.15. The van der Waals surface area contributed by atoms with Crippen molar-refractivity contribution in [2.45, 2.75) is 47.1 Å². The molecular weight excluding hydrogens is 212 g/mol. The first-order valence-electron chi connectivity index (χ1n) is 6.60. The van der Waals surface area contributed by atoms with Crippen LogP contribution in [0.25, 0.3) is 0 Å². The van der Waals surface area contributed by atoms with Crippen LogP contribution in [-0.4, -0.2) is 55.4 Å². The summed E-state index contributed by atoms with van der Waals surface area (Å²) >= 11 is 0. The second-order valence-corrected chi connectivity index (χ2v) is 6.16. The number of hydrogen-bond acceptors (Lipinski definition) is 3. The van der Waals surface area contributed by atoms with Gasteiger partial charge in [-0.25, -0.2) is 0 Å². The number of nitrogens with zero attached hydrogens (tertiary/aromatic N) is 2. The van der Waals surface area contributed by atoms with Crippen LogP contribution >= 0.6 is 0 Å². The van der Waals surface area contributed by atoms with E-state index in [1.54, 1.807) is 0 Å². The molecule has 0 spiro atoms. The Balaban J connectivity index is 4.19. The summed E-state index contributed by atoms with van der Waals surface area (Å²) in [6.07, 6.45) is 0.662. The van der Waals surface area contributed by atoms with E-state index in [0.29, 0.717) is 18.2 Å². The van der Waals surface area contributed by atoms with Gasteiger partial charge < -0.3 is 4.90 Å². The molecule has 0 aromatic rings. The summed E-state index contributed by atoms with van der Waals surface area (Å²) in [5.74, 6) is 0.355. The van der Waals surface area contributed by atoms with Gasteiger partial charge in [-0.2, -0.15) is 0 Å². The standard InChI is InChI=1S/C14H30N2O/c1-8-16(12(2)11-15(6)7)10-9-13(17)14(3,4)5/h12H,8-11H2,1-7H3. The summed E-state index contributed by atoms with van der Waals surface area (Å²) < 4.78 is 0. The lowest BCUT2D eigenvalue weighted by Crippen LogP contribution is -2.41. The minimum atomic E-state index is -0.204. The highest BCUT2D eigenvalue weighted by molar-refractivity contribution is 5.83. The maximum atomic E-state index is 11.9. The van der Waals surface area contributed by atoms with Gasteiger partial charge in [-0.15, -0.1) is 0 Å². The number of carbonyl (C=O) groups is 1. The molecule has 0 aliphatic heterocycles. The van der Waals surface area contributed by atoms with E-state index in [1.165, 1.54) is 0 Å². The molecule has 3 nitrogen and oxygen atoms in total. The zero-order valence-electron chi connectivity index (χ0n) is 12.7. The number of Topliss-reactive ketones (excluding diaryl/α,β-unsaturated/α-hetero) is 1. The Bertz CT molecular complexity index is 231. The molecule has 0 fully saturated rings. The van der Waals surface area contributed by atoms with Crippen LogP contribution < -0.4 is 0 Å². The molecule has 0 saturated heterocycles. The third kappa shape index (κ3) is 6.79. The molecule has 0 bridgehead atoms. The fraction of sp³-hybridized carbons (Fsp3) is 0.929. The molecule has 1 atom stereocenters. The van der Waals surface area contributed by atoms with Crippen molar-refractivity contribution in [1.29, 1.82) is 0 Å². The second kappa shape index (κ2) is 7.12. The Hall–Kier alpha value is -0.410. The number of rotatable bonds is 7. The molecule has 3 heteroatoms. The molecular formula is C14H30N2O. The molecule has 0 rings (SSSR count). The van der Waals surface area contributed by atoms with Crippen molar-refractivity contribution < 1.29 is 4.79 Å². The molecule has 0 N–H and O–H groups in total. The average molecular weight is 242 g/mol. The Labute approximate surface area is 107 Å². The number of ketones is 1. The third-order valence-electron chi connectivity index (χ3n) is 3.12. The molecule has 17 heavy (non-hydrogen) atoms. The first kappa shape index (κ1) is 16.6. The molecule has 0 aromatic carbocycles. The molecule has 102 valence electrons. The van der Waals surface area contributed by atoms with E-state index in [2.05, 4.69) is 37.7 Å². The molecule has 0 aromatic heterocycles. The fourth-order valence-electron chi connectivity index (χ4n) is 1.95. The van der Waals surface area contributed by atoms with Gasteiger partial charge in [0.1, 0.15) is 5.78 Å². The van der Waals surface area contributed by atoms with E-state index < -0.39 is 0 Å². The van der Waals surface area contributed by atoms with E-state index in [1.807, 2.05) is 20.8 Å². The minimum absolute atomic E-state index is 0.204. The first-order valence-corrected chi connectivity index (χ1v) is 6.60. The summed E-state index contributed by atoms with van der Waals surface area (Å²) in [6, 6.07) is 0.503. The van der Waals surface area contributed by atoms with Gasteiger partial charge in [0.2, 0.25) is 0 Å². The Morgan fingerprint density at radius 3 is 2.12 bits per heavy atom. The molecule has 0 radical (unpaired) electrons. The highest BCUT2D eigenvalue weighted by Crippen LogP contribution is 2.17. The van der Waals surface area contributed by atoms with Crippen LogP contribution in [-0.2, 0) is 4.79 Å². The largest absolute Gasteiger partial charge is 0.308 e. The first-order chi connectivity index (χ1) is 7.68. The van der Waals surface area contributed by atoms with Gasteiger partial charge in [-0.05, 0) is 27.6 Å². The highest BCUT2D eigenvalue weighted by Gasteiger charge is 2.22. The van der Waals surface area contributed by atoms with E-state index >= 15 is 0 Å². The smallest absolute Gasteiger partial charge is 0.139 e. The lowest BCUT2D eigenvalue weighted by molar-refractivity contribution is -0.126. The fourth-order valence-corrected chi connectivity index (χ4v) is 1.95. The molecule has 0 amide bonds. The zero-order chi connectivity index (χ0) is 13.6. The number of likely N-dealkylation sites (N-methyl/N-ethyl adjacent to an activating group) is 2. The van der Waals surface area contributed by atoms with Gasteiger partial charge in [0.15, 0.2) is 0 Å². The molecule has 0 aliphatic rings. The highest BCUT2D eigenvalue weighted by atomic mass is 16.1. The number of carbonyl (C=O) groups excluding carboxylic acids is 1. The summed E-state index contributed by atoms with van der Waals surface area (Å²) in [5, 5.41) is 0. The van der Waals surface area contributed by atoms with Crippen LogP contribution in [0.3, 0.4) is 0 Å². The van der Waals surface area contributed by atoms with Gasteiger partial charge in [0.25, 0.3) is 0 Å². The van der Waals surface area contributed by atoms with Crippen LogP contribution in [0.4, 0.5) is 0 Å². The lowest BCUT2D eigenvalue weighted by atomic mass is 9.89. The van der Waals surface area contributed by atoms with Crippen molar-refractivity contribution >= 4 is 5.78 Å². The lowest BCUT2D eigenvalue weighted by Gasteiger charge is -2.30. The summed E-state index contributed by atoms with van der Waals surface area (Å²) in [5.41, 5.74) is -0.204. The second-order valence-electron chi connectivity index (χ2n) is 6.16. The molecule has 1 unspecified atom stereocenters. The SMILES string of the molecule is CCN(CCC(=O)C(C)(C)C)C(C)CN(C)C. The quantitative estimate of drug-likeness (QED) is 0.684. The Morgan fingerprint density at radius 2 is 1.76 bits per heavy atom. The summed E-state index contributed by atoms with van der Waals surface area (Å²) in [4.78, 5) is 16.5. The predicted molar refractivity (Wildman–Crippen MR) is 74.3 cm³/mol. The van der Waals surface area contributed by atoms with E-state index in [4.69, 9.17) is 0 Å². The Morgan fingerprint density at radius 1 is 1.24 bits per heavy atom. The maximum absolute atomic E-state index is 11.9. The third-order valence-corrected chi connectivity index (χ3v) is 3.12. The molecule has 0 saturated carbocycles. The summed E-state index contributed by atoms with van der Waals surface area (Å²) in [6.45, 7) is 13.3. The Kier molecular flexibility index (Phi) is 6.95. The van der Waals surface area contributed by atoms with Crippen molar-refractivity contribution in [2.24, 2.45) is 5.41 Å². The molecule has 0 heterocycles.